The number of halogens is 1. The second kappa shape index (κ2) is 9.21. The molecular weight excluding hydrogens is 439 g/mol. The highest BCUT2D eigenvalue weighted by Gasteiger charge is 2.27. The lowest BCUT2D eigenvalue weighted by Gasteiger charge is -2.32. The van der Waals surface area contributed by atoms with E-state index in [4.69, 9.17) is 0 Å². The van der Waals surface area contributed by atoms with Crippen LogP contribution in [0.2, 0.25) is 0 Å². The topological polar surface area (TPSA) is 92.3 Å². The largest absolute Gasteiger partial charge is 0.342 e. The third kappa shape index (κ3) is 5.33. The van der Waals surface area contributed by atoms with Crippen LogP contribution >= 0.6 is 11.3 Å². The normalized spacial score (nSPS) is 15.2. The summed E-state index contributed by atoms with van der Waals surface area (Å²) in [5, 5.41) is 2.70. The molecule has 0 radical (unpaired) electrons. The minimum Gasteiger partial charge on any atom is -0.342 e. The first-order valence-corrected chi connectivity index (χ1v) is 12.2. The number of aromatic nitrogens is 2. The number of hydrogen-bond acceptors (Lipinski definition) is 6. The summed E-state index contributed by atoms with van der Waals surface area (Å²) in [5.41, 5.74) is 1.63. The number of benzene rings is 1. The zero-order chi connectivity index (χ0) is 21.8. The van der Waals surface area contributed by atoms with E-state index >= 15 is 0 Å². The summed E-state index contributed by atoms with van der Waals surface area (Å²) >= 11 is 1.47. The summed E-state index contributed by atoms with van der Waals surface area (Å²) in [6.07, 6.45) is 4.68. The van der Waals surface area contributed by atoms with Gasteiger partial charge >= 0.3 is 0 Å². The Balaban J connectivity index is 1.30. The predicted molar refractivity (Wildman–Crippen MR) is 115 cm³/mol. The maximum atomic E-state index is 13.0. The maximum Gasteiger partial charge on any atom is 0.240 e. The number of nitrogens with zero attached hydrogens (tertiary/aromatic N) is 3. The first kappa shape index (κ1) is 21.5. The fraction of sp³-hybridized carbons (Fsp3) is 0.286. The molecule has 1 aliphatic rings. The molecule has 1 N–H and O–H groups in total. The lowest BCUT2D eigenvalue weighted by Crippen LogP contribution is -2.46. The van der Waals surface area contributed by atoms with Crippen molar-refractivity contribution in [2.24, 2.45) is 0 Å². The summed E-state index contributed by atoms with van der Waals surface area (Å²) in [7, 11) is -3.72. The smallest absolute Gasteiger partial charge is 0.240 e. The molecule has 4 rings (SSSR count). The van der Waals surface area contributed by atoms with Crippen LogP contribution in [0, 0.1) is 5.82 Å². The van der Waals surface area contributed by atoms with Crippen molar-refractivity contribution in [3.05, 3.63) is 65.7 Å². The number of thiazole rings is 1. The molecule has 1 saturated heterocycles. The first-order valence-electron chi connectivity index (χ1n) is 9.81. The zero-order valence-corrected chi connectivity index (χ0v) is 18.2. The highest BCUT2D eigenvalue weighted by molar-refractivity contribution is 7.89. The van der Waals surface area contributed by atoms with E-state index in [0.29, 0.717) is 31.6 Å². The van der Waals surface area contributed by atoms with Crippen LogP contribution in [0.3, 0.4) is 0 Å². The Labute approximate surface area is 184 Å². The molecular formula is C21H21FN4O3S2. The Kier molecular flexibility index (Phi) is 6.40. The van der Waals surface area contributed by atoms with Gasteiger partial charge in [-0.15, -0.1) is 11.3 Å². The first-order chi connectivity index (χ1) is 14.9. The predicted octanol–water partition coefficient (Wildman–Crippen LogP) is 2.86. The monoisotopic (exact) mass is 460 g/mol. The zero-order valence-electron chi connectivity index (χ0n) is 16.6. The molecule has 0 atom stereocenters. The van der Waals surface area contributed by atoms with Crippen molar-refractivity contribution in [2.45, 2.75) is 30.2 Å². The number of nitrogens with one attached hydrogen (secondary N) is 1. The van der Waals surface area contributed by atoms with Gasteiger partial charge < -0.3 is 4.90 Å². The van der Waals surface area contributed by atoms with E-state index < -0.39 is 15.8 Å². The van der Waals surface area contributed by atoms with Gasteiger partial charge in [0.2, 0.25) is 15.9 Å². The van der Waals surface area contributed by atoms with Crippen molar-refractivity contribution in [2.75, 3.05) is 13.1 Å². The number of rotatable bonds is 6. The molecule has 10 heteroatoms. The second-order valence-electron chi connectivity index (χ2n) is 7.29. The van der Waals surface area contributed by atoms with Crippen molar-refractivity contribution < 1.29 is 17.6 Å². The van der Waals surface area contributed by atoms with Crippen molar-refractivity contribution in [3.8, 4) is 10.6 Å². The van der Waals surface area contributed by atoms with Crippen LogP contribution < -0.4 is 4.72 Å². The molecule has 3 aromatic rings. The molecule has 162 valence electrons. The SMILES string of the molecule is O=C(Cc1csc(-c2cccnc2)n1)N1CCC(NS(=O)(=O)c2ccc(F)cc2)CC1. The molecule has 0 aliphatic carbocycles. The van der Waals surface area contributed by atoms with Gasteiger partial charge in [0.1, 0.15) is 10.8 Å². The highest BCUT2D eigenvalue weighted by Crippen LogP contribution is 2.23. The third-order valence-electron chi connectivity index (χ3n) is 5.09. The van der Waals surface area contributed by atoms with Gasteiger partial charge in [-0.05, 0) is 49.2 Å². The average molecular weight is 461 g/mol. The van der Waals surface area contributed by atoms with Crippen LogP contribution in [0.5, 0.6) is 0 Å². The molecule has 0 spiro atoms. The van der Waals surface area contributed by atoms with Crippen molar-refractivity contribution in [3.63, 3.8) is 0 Å². The van der Waals surface area contributed by atoms with Gasteiger partial charge in [0.25, 0.3) is 0 Å². The molecule has 0 unspecified atom stereocenters. The molecule has 1 fully saturated rings. The van der Waals surface area contributed by atoms with E-state index in [1.165, 1.54) is 23.5 Å². The molecule has 0 saturated carbocycles. The van der Waals surface area contributed by atoms with E-state index in [-0.39, 0.29) is 23.3 Å². The fourth-order valence-electron chi connectivity index (χ4n) is 3.42. The van der Waals surface area contributed by atoms with Crippen LogP contribution in [0.1, 0.15) is 18.5 Å². The molecule has 31 heavy (non-hydrogen) atoms. The summed E-state index contributed by atoms with van der Waals surface area (Å²) in [5.74, 6) is -0.513. The Morgan fingerprint density at radius 1 is 1.19 bits per heavy atom. The Bertz CT molecular complexity index is 1140. The standard InChI is InChI=1S/C21H21FN4O3S2/c22-16-3-5-19(6-4-16)31(28,29)25-17-7-10-26(11-8-17)20(27)12-18-14-30-21(24-18)15-2-1-9-23-13-15/h1-6,9,13-14,17,25H,7-8,10-12H2. The molecule has 1 aliphatic heterocycles. The van der Waals surface area contributed by atoms with Gasteiger partial charge in [0.15, 0.2) is 0 Å². The second-order valence-corrected chi connectivity index (χ2v) is 9.86. The van der Waals surface area contributed by atoms with Gasteiger partial charge in [-0.1, -0.05) is 0 Å². The third-order valence-corrected chi connectivity index (χ3v) is 7.56. The number of likely N-dealkylation sites (tertiary alicyclic amines) is 1. The summed E-state index contributed by atoms with van der Waals surface area (Å²) < 4.78 is 40.6. The number of carbonyl (C=O) groups is 1. The van der Waals surface area contributed by atoms with Crippen molar-refractivity contribution in [1.82, 2.24) is 19.6 Å². The van der Waals surface area contributed by atoms with Crippen LogP contribution in [0.15, 0.2) is 59.1 Å². The summed E-state index contributed by atoms with van der Waals surface area (Å²) in [4.78, 5) is 23.1. The van der Waals surface area contributed by atoms with E-state index in [1.807, 2.05) is 17.5 Å². The van der Waals surface area contributed by atoms with Gasteiger partial charge in [-0.25, -0.2) is 22.5 Å². The number of amides is 1. The van der Waals surface area contributed by atoms with Crippen LogP contribution in [-0.2, 0) is 21.2 Å². The van der Waals surface area contributed by atoms with E-state index in [0.717, 1.165) is 22.7 Å². The minimum atomic E-state index is -3.72. The molecule has 3 heterocycles. The Morgan fingerprint density at radius 3 is 2.61 bits per heavy atom. The summed E-state index contributed by atoms with van der Waals surface area (Å²) in [6.45, 7) is 0.935. The van der Waals surface area contributed by atoms with Crippen molar-refractivity contribution in [1.29, 1.82) is 0 Å². The molecule has 1 aromatic carbocycles. The molecule has 2 aromatic heterocycles. The number of carbonyl (C=O) groups excluding carboxylic acids is 1. The Morgan fingerprint density at radius 2 is 1.94 bits per heavy atom. The molecule has 0 bridgehead atoms. The van der Waals surface area contributed by atoms with Crippen molar-refractivity contribution >= 4 is 27.3 Å². The van der Waals surface area contributed by atoms with Crippen LogP contribution in [0.4, 0.5) is 4.39 Å². The van der Waals surface area contributed by atoms with Crippen LogP contribution in [-0.4, -0.2) is 48.3 Å². The number of pyridine rings is 1. The Hall–Kier alpha value is -2.69. The minimum absolute atomic E-state index is 0.0251. The fourth-order valence-corrected chi connectivity index (χ4v) is 5.54. The van der Waals surface area contributed by atoms with Gasteiger partial charge in [-0.3, -0.25) is 9.78 Å². The highest BCUT2D eigenvalue weighted by atomic mass is 32.2. The maximum absolute atomic E-state index is 13.0. The van der Waals surface area contributed by atoms with Crippen LogP contribution in [0.25, 0.3) is 10.6 Å². The van der Waals surface area contributed by atoms with Gasteiger partial charge in [-0.2, -0.15) is 0 Å². The quantitative estimate of drug-likeness (QED) is 0.611. The molecule has 1 amide bonds. The van der Waals surface area contributed by atoms with E-state index in [9.17, 15) is 17.6 Å². The van der Waals surface area contributed by atoms with Gasteiger partial charge in [0.05, 0.1) is 17.0 Å². The molecule has 7 nitrogen and oxygen atoms in total. The number of sulfonamides is 1. The number of piperidine rings is 1. The van der Waals surface area contributed by atoms with Gasteiger partial charge in [0, 0.05) is 42.5 Å². The van der Waals surface area contributed by atoms with E-state index in [2.05, 4.69) is 14.7 Å². The summed E-state index contributed by atoms with van der Waals surface area (Å²) in [6, 6.07) is 8.22. The average Bonchev–Trinajstić information content (AvgIpc) is 3.23. The lowest BCUT2D eigenvalue weighted by atomic mass is 10.1. The number of hydrogen-bond donors (Lipinski definition) is 1. The lowest BCUT2D eigenvalue weighted by molar-refractivity contribution is -0.131. The van der Waals surface area contributed by atoms with E-state index in [1.54, 1.807) is 17.3 Å².